The number of esters is 1. The van der Waals surface area contributed by atoms with Crippen molar-refractivity contribution in [1.82, 2.24) is 9.55 Å². The SMILES string of the molecule is Cn1c(/C(C#N)=C(\O)COC(=O)Cc2cccc(F)c2)nc2ccccc21. The molecule has 0 aliphatic carbocycles. The number of nitrogens with zero attached hydrogens (tertiary/aromatic N) is 3. The normalized spacial score (nSPS) is 11.7. The first-order valence-corrected chi connectivity index (χ1v) is 8.13. The van der Waals surface area contributed by atoms with Crippen LogP contribution in [0.2, 0.25) is 0 Å². The number of imidazole rings is 1. The molecule has 1 heterocycles. The lowest BCUT2D eigenvalue weighted by atomic mass is 10.1. The lowest BCUT2D eigenvalue weighted by Crippen LogP contribution is -2.12. The fraction of sp³-hybridized carbons (Fsp3) is 0.150. The number of para-hydroxylation sites is 2. The van der Waals surface area contributed by atoms with E-state index in [0.29, 0.717) is 11.1 Å². The Morgan fingerprint density at radius 2 is 2.07 bits per heavy atom. The van der Waals surface area contributed by atoms with Crippen molar-refractivity contribution < 1.29 is 19.0 Å². The van der Waals surface area contributed by atoms with Crippen molar-refractivity contribution in [2.75, 3.05) is 6.61 Å². The number of allylic oxidation sites excluding steroid dienone is 1. The number of fused-ring (bicyclic) bond motifs is 1. The van der Waals surface area contributed by atoms with Crippen molar-refractivity contribution in [3.8, 4) is 6.07 Å². The summed E-state index contributed by atoms with van der Waals surface area (Å²) in [5, 5.41) is 19.7. The van der Waals surface area contributed by atoms with Crippen LogP contribution in [0.5, 0.6) is 0 Å². The highest BCUT2D eigenvalue weighted by Gasteiger charge is 2.17. The summed E-state index contributed by atoms with van der Waals surface area (Å²) in [4.78, 5) is 16.3. The first-order chi connectivity index (χ1) is 13.0. The van der Waals surface area contributed by atoms with Crippen LogP contribution in [0.15, 0.2) is 54.3 Å². The lowest BCUT2D eigenvalue weighted by molar-refractivity contribution is -0.142. The van der Waals surface area contributed by atoms with Gasteiger partial charge in [0.25, 0.3) is 0 Å². The first-order valence-electron chi connectivity index (χ1n) is 8.13. The number of carbonyl (C=O) groups is 1. The largest absolute Gasteiger partial charge is 0.507 e. The van der Waals surface area contributed by atoms with Crippen molar-refractivity contribution in [3.63, 3.8) is 0 Å². The molecule has 6 nitrogen and oxygen atoms in total. The number of halogens is 1. The summed E-state index contributed by atoms with van der Waals surface area (Å²) in [6.07, 6.45) is -0.140. The molecule has 0 fully saturated rings. The van der Waals surface area contributed by atoms with Crippen LogP contribution in [0.1, 0.15) is 11.4 Å². The van der Waals surface area contributed by atoms with Crippen LogP contribution in [0.3, 0.4) is 0 Å². The second-order valence-electron chi connectivity index (χ2n) is 5.88. The second kappa shape index (κ2) is 7.70. The third-order valence-corrected chi connectivity index (χ3v) is 4.02. The summed E-state index contributed by atoms with van der Waals surface area (Å²) in [6, 6.07) is 14.8. The molecule has 0 saturated carbocycles. The Morgan fingerprint density at radius 1 is 1.30 bits per heavy atom. The zero-order valence-corrected chi connectivity index (χ0v) is 14.5. The minimum Gasteiger partial charge on any atom is -0.507 e. The fourth-order valence-electron chi connectivity index (χ4n) is 2.70. The first kappa shape index (κ1) is 18.1. The fourth-order valence-corrected chi connectivity index (χ4v) is 2.70. The van der Waals surface area contributed by atoms with Crippen molar-refractivity contribution in [1.29, 1.82) is 5.26 Å². The molecule has 0 radical (unpaired) electrons. The number of hydrogen-bond donors (Lipinski definition) is 1. The van der Waals surface area contributed by atoms with E-state index in [1.807, 2.05) is 24.3 Å². The molecule has 7 heteroatoms. The lowest BCUT2D eigenvalue weighted by Gasteiger charge is -2.07. The molecule has 0 bridgehead atoms. The van der Waals surface area contributed by atoms with Gasteiger partial charge in [0.2, 0.25) is 0 Å². The van der Waals surface area contributed by atoms with Gasteiger partial charge in [-0.2, -0.15) is 5.26 Å². The predicted octanol–water partition coefficient (Wildman–Crippen LogP) is 3.29. The third kappa shape index (κ3) is 3.96. The number of nitriles is 1. The molecule has 0 amide bonds. The molecule has 0 saturated heterocycles. The van der Waals surface area contributed by atoms with Crippen LogP contribution >= 0.6 is 0 Å². The Morgan fingerprint density at radius 3 is 2.78 bits per heavy atom. The van der Waals surface area contributed by atoms with Gasteiger partial charge in [-0.05, 0) is 29.8 Å². The zero-order chi connectivity index (χ0) is 19.4. The van der Waals surface area contributed by atoms with Crippen LogP contribution in [-0.4, -0.2) is 27.2 Å². The van der Waals surface area contributed by atoms with Crippen molar-refractivity contribution in [2.24, 2.45) is 7.05 Å². The molecule has 2 aromatic carbocycles. The molecule has 0 unspecified atom stereocenters. The van der Waals surface area contributed by atoms with Gasteiger partial charge in [0.15, 0.2) is 11.6 Å². The Bertz CT molecular complexity index is 1080. The molecule has 27 heavy (non-hydrogen) atoms. The third-order valence-electron chi connectivity index (χ3n) is 4.02. The van der Waals surface area contributed by atoms with E-state index in [1.54, 1.807) is 23.7 Å². The number of aliphatic hydroxyl groups excluding tert-OH is 1. The molecule has 3 aromatic rings. The smallest absolute Gasteiger partial charge is 0.310 e. The maximum atomic E-state index is 13.2. The summed E-state index contributed by atoms with van der Waals surface area (Å²) in [6.45, 7) is -0.472. The average molecular weight is 365 g/mol. The molecule has 3 rings (SSSR count). The van der Waals surface area contributed by atoms with E-state index in [-0.39, 0.29) is 17.8 Å². The van der Waals surface area contributed by atoms with E-state index in [4.69, 9.17) is 4.74 Å². The Kier molecular flexibility index (Phi) is 5.18. The quantitative estimate of drug-likeness (QED) is 0.426. The minimum absolute atomic E-state index is 0.0766. The summed E-state index contributed by atoms with van der Waals surface area (Å²) in [5.41, 5.74) is 1.86. The van der Waals surface area contributed by atoms with Gasteiger partial charge in [0.1, 0.15) is 24.1 Å². The highest BCUT2D eigenvalue weighted by atomic mass is 19.1. The molecule has 0 aliphatic rings. The zero-order valence-electron chi connectivity index (χ0n) is 14.5. The molecule has 136 valence electrons. The highest BCUT2D eigenvalue weighted by Crippen LogP contribution is 2.22. The molecule has 0 aliphatic heterocycles. The summed E-state index contributed by atoms with van der Waals surface area (Å²) < 4.78 is 19.8. The Labute approximate surface area is 154 Å². The Balaban J connectivity index is 1.76. The number of benzene rings is 2. The molecular formula is C20H16FN3O3. The van der Waals surface area contributed by atoms with Crippen molar-refractivity contribution in [2.45, 2.75) is 6.42 Å². The van der Waals surface area contributed by atoms with Gasteiger partial charge in [-0.3, -0.25) is 4.79 Å². The van der Waals surface area contributed by atoms with E-state index >= 15 is 0 Å². The molecular weight excluding hydrogens is 349 g/mol. The van der Waals surface area contributed by atoms with Crippen LogP contribution in [0.25, 0.3) is 16.6 Å². The van der Waals surface area contributed by atoms with E-state index in [2.05, 4.69) is 4.98 Å². The van der Waals surface area contributed by atoms with Gasteiger partial charge in [0.05, 0.1) is 17.5 Å². The van der Waals surface area contributed by atoms with E-state index in [0.717, 1.165) is 5.52 Å². The summed E-state index contributed by atoms with van der Waals surface area (Å²) in [7, 11) is 1.73. The van der Waals surface area contributed by atoms with Gasteiger partial charge >= 0.3 is 5.97 Å². The number of aryl methyl sites for hydroxylation is 1. The summed E-state index contributed by atoms with van der Waals surface area (Å²) in [5.74, 6) is -1.22. The van der Waals surface area contributed by atoms with Crippen LogP contribution < -0.4 is 0 Å². The van der Waals surface area contributed by atoms with Crippen LogP contribution in [0.4, 0.5) is 4.39 Å². The average Bonchev–Trinajstić information content (AvgIpc) is 2.98. The standard InChI is InChI=1S/C20H16FN3O3/c1-24-17-8-3-2-7-16(17)23-20(24)15(11-22)18(25)12-27-19(26)10-13-5-4-6-14(21)9-13/h2-9,25H,10,12H2,1H3/b18-15-. The number of rotatable bonds is 5. The number of aliphatic hydroxyl groups is 1. The van der Waals surface area contributed by atoms with E-state index < -0.39 is 24.2 Å². The Hall–Kier alpha value is -3.66. The number of aromatic nitrogens is 2. The second-order valence-corrected chi connectivity index (χ2v) is 5.88. The number of carbonyl (C=O) groups excluding carboxylic acids is 1. The van der Waals surface area contributed by atoms with E-state index in [9.17, 15) is 19.6 Å². The monoisotopic (exact) mass is 365 g/mol. The van der Waals surface area contributed by atoms with Gasteiger partial charge in [0, 0.05) is 7.05 Å². The maximum Gasteiger partial charge on any atom is 0.310 e. The van der Waals surface area contributed by atoms with E-state index in [1.165, 1.54) is 18.2 Å². The summed E-state index contributed by atoms with van der Waals surface area (Å²) >= 11 is 0. The van der Waals surface area contributed by atoms with Gasteiger partial charge in [-0.1, -0.05) is 24.3 Å². The number of hydrogen-bond acceptors (Lipinski definition) is 5. The highest BCUT2D eigenvalue weighted by molar-refractivity contribution is 5.84. The predicted molar refractivity (Wildman–Crippen MR) is 96.9 cm³/mol. The molecule has 1 N–H and O–H groups in total. The van der Waals surface area contributed by atoms with Gasteiger partial charge in [-0.15, -0.1) is 0 Å². The molecule has 0 spiro atoms. The topological polar surface area (TPSA) is 88.1 Å². The maximum absolute atomic E-state index is 13.2. The van der Waals surface area contributed by atoms with Crippen LogP contribution in [-0.2, 0) is 23.0 Å². The van der Waals surface area contributed by atoms with Gasteiger partial charge in [-0.25, -0.2) is 9.37 Å². The van der Waals surface area contributed by atoms with Crippen molar-refractivity contribution >= 4 is 22.6 Å². The van der Waals surface area contributed by atoms with Crippen LogP contribution in [0, 0.1) is 17.1 Å². The molecule has 0 atom stereocenters. The number of ether oxygens (including phenoxy) is 1. The van der Waals surface area contributed by atoms with Gasteiger partial charge < -0.3 is 14.4 Å². The van der Waals surface area contributed by atoms with Crippen molar-refractivity contribution in [3.05, 3.63) is 71.5 Å². The molecule has 1 aromatic heterocycles. The minimum atomic E-state index is -0.644.